The molecule has 0 aliphatic rings. The van der Waals surface area contributed by atoms with Crippen LogP contribution in [0.5, 0.6) is 0 Å². The number of halogens is 4. The molecule has 31 heavy (non-hydrogen) atoms. The Kier molecular flexibility index (Phi) is 7.16. The van der Waals surface area contributed by atoms with E-state index >= 15 is 0 Å². The average Bonchev–Trinajstić information content (AvgIpc) is 3.14. The van der Waals surface area contributed by atoms with Crippen LogP contribution in [0.25, 0.3) is 22.6 Å². The van der Waals surface area contributed by atoms with Crippen molar-refractivity contribution in [2.75, 3.05) is 5.32 Å². The van der Waals surface area contributed by atoms with Crippen LogP contribution in [0.4, 0.5) is 5.69 Å². The van der Waals surface area contributed by atoms with Crippen LogP contribution in [0.3, 0.4) is 0 Å². The third-order valence-corrected chi connectivity index (χ3v) is 6.77. The number of rotatable bonds is 3. The number of amides is 1. The number of oxazole rings is 1. The summed E-state index contributed by atoms with van der Waals surface area (Å²) in [5.74, 6) is 0.135. The van der Waals surface area contributed by atoms with Crippen LogP contribution in [0.2, 0.25) is 5.02 Å². The summed E-state index contributed by atoms with van der Waals surface area (Å²) in [5, 5.41) is 6.17. The molecule has 2 N–H and O–H groups in total. The number of hydrogen-bond donors (Lipinski definition) is 2. The number of hydrogen-bond acceptors (Lipinski definition) is 4. The van der Waals surface area contributed by atoms with Crippen LogP contribution < -0.4 is 10.6 Å². The summed E-state index contributed by atoms with van der Waals surface area (Å²) in [6.07, 6.45) is 0. The number of nitrogens with one attached hydrogen (secondary N) is 2. The highest BCUT2D eigenvalue weighted by molar-refractivity contribution is 14.1. The van der Waals surface area contributed by atoms with Gasteiger partial charge in [0.05, 0.1) is 16.1 Å². The Bertz CT molecular complexity index is 1350. The fraction of sp³-hybridized carbons (Fsp3) is 0. The molecule has 0 saturated heterocycles. The van der Waals surface area contributed by atoms with Gasteiger partial charge in [-0.2, -0.15) is 0 Å². The summed E-state index contributed by atoms with van der Waals surface area (Å²) in [4.78, 5) is 17.1. The molecular weight excluding hydrogens is 727 g/mol. The van der Waals surface area contributed by atoms with Crippen molar-refractivity contribution in [1.29, 1.82) is 0 Å². The van der Waals surface area contributed by atoms with E-state index in [9.17, 15) is 4.79 Å². The van der Waals surface area contributed by atoms with Crippen molar-refractivity contribution in [3.8, 4) is 11.5 Å². The maximum atomic E-state index is 12.5. The van der Waals surface area contributed by atoms with Crippen molar-refractivity contribution < 1.29 is 9.21 Å². The number of anilines is 1. The second-order valence-electron chi connectivity index (χ2n) is 6.36. The van der Waals surface area contributed by atoms with Crippen molar-refractivity contribution in [2.24, 2.45) is 0 Å². The summed E-state index contributed by atoms with van der Waals surface area (Å²) in [7, 11) is 0. The molecule has 0 bridgehead atoms. The Hall–Kier alpha value is -1.28. The predicted molar refractivity (Wildman–Crippen MR) is 148 cm³/mol. The van der Waals surface area contributed by atoms with E-state index in [1.807, 2.05) is 24.3 Å². The van der Waals surface area contributed by atoms with E-state index in [1.165, 1.54) is 0 Å². The molecule has 0 aliphatic heterocycles. The van der Waals surface area contributed by atoms with Gasteiger partial charge in [0, 0.05) is 17.3 Å². The smallest absolute Gasteiger partial charge is 0.258 e. The Balaban J connectivity index is 1.52. The van der Waals surface area contributed by atoms with Gasteiger partial charge in [0.1, 0.15) is 5.52 Å². The topological polar surface area (TPSA) is 67.2 Å². The van der Waals surface area contributed by atoms with E-state index in [1.54, 1.807) is 30.3 Å². The standard InChI is InChI=1S/C21H11BrClI2N3O2S/c22-15-4-1-10(24)7-13(15)20-27-17-9-12(3-6-18(17)30-20)26-21(31)28-19(29)14-8-11(25)2-5-16(14)23/h1-9H,(H2,26,28,29,31). The van der Waals surface area contributed by atoms with E-state index in [0.29, 0.717) is 33.3 Å². The van der Waals surface area contributed by atoms with Gasteiger partial charge < -0.3 is 9.73 Å². The Morgan fingerprint density at radius 3 is 2.61 bits per heavy atom. The summed E-state index contributed by atoms with van der Waals surface area (Å²) < 4.78 is 8.78. The SMILES string of the molecule is O=C(NC(=S)Nc1ccc2oc(-c3cc(I)ccc3Br)nc2c1)c1cc(I)ccc1Cl. The Morgan fingerprint density at radius 1 is 1.06 bits per heavy atom. The summed E-state index contributed by atoms with van der Waals surface area (Å²) in [6.45, 7) is 0. The van der Waals surface area contributed by atoms with Crippen molar-refractivity contribution in [1.82, 2.24) is 10.3 Å². The van der Waals surface area contributed by atoms with Crippen molar-refractivity contribution >= 4 is 113 Å². The highest BCUT2D eigenvalue weighted by atomic mass is 127. The average molecular weight is 739 g/mol. The van der Waals surface area contributed by atoms with Gasteiger partial charge in [-0.3, -0.25) is 10.1 Å². The van der Waals surface area contributed by atoms with Gasteiger partial charge in [-0.1, -0.05) is 11.6 Å². The monoisotopic (exact) mass is 737 g/mol. The van der Waals surface area contributed by atoms with Crippen LogP contribution in [0, 0.1) is 7.14 Å². The quantitative estimate of drug-likeness (QED) is 0.172. The van der Waals surface area contributed by atoms with Gasteiger partial charge in [0.15, 0.2) is 10.7 Å². The number of fused-ring (bicyclic) bond motifs is 1. The second-order valence-corrected chi connectivity index (χ2v) is 10.5. The van der Waals surface area contributed by atoms with E-state index in [0.717, 1.165) is 17.2 Å². The Morgan fingerprint density at radius 2 is 1.81 bits per heavy atom. The van der Waals surface area contributed by atoms with E-state index in [4.69, 9.17) is 28.2 Å². The number of carbonyl (C=O) groups is 1. The molecule has 1 amide bonds. The van der Waals surface area contributed by atoms with E-state index in [2.05, 4.69) is 76.7 Å². The minimum Gasteiger partial charge on any atom is -0.436 e. The van der Waals surface area contributed by atoms with Crippen LogP contribution in [-0.4, -0.2) is 16.0 Å². The predicted octanol–water partition coefficient (Wildman–Crippen LogP) is 7.25. The zero-order valence-electron chi connectivity index (χ0n) is 15.4. The number of carbonyl (C=O) groups excluding carboxylic acids is 1. The van der Waals surface area contributed by atoms with Crippen LogP contribution >= 0.6 is 84.9 Å². The molecule has 3 aromatic carbocycles. The van der Waals surface area contributed by atoms with E-state index in [-0.39, 0.29) is 11.0 Å². The highest BCUT2D eigenvalue weighted by Crippen LogP contribution is 2.32. The molecule has 1 heterocycles. The first-order valence-corrected chi connectivity index (χ1v) is 12.5. The van der Waals surface area contributed by atoms with Gasteiger partial charge >= 0.3 is 0 Å². The lowest BCUT2D eigenvalue weighted by Gasteiger charge is -2.10. The molecule has 10 heteroatoms. The maximum absolute atomic E-state index is 12.5. The largest absolute Gasteiger partial charge is 0.436 e. The lowest BCUT2D eigenvalue weighted by atomic mass is 10.2. The van der Waals surface area contributed by atoms with Crippen molar-refractivity contribution in [3.05, 3.63) is 76.8 Å². The first-order valence-electron chi connectivity index (χ1n) is 8.73. The number of aromatic nitrogens is 1. The highest BCUT2D eigenvalue weighted by Gasteiger charge is 2.15. The third-order valence-electron chi connectivity index (χ3n) is 4.20. The van der Waals surface area contributed by atoms with Crippen molar-refractivity contribution in [3.63, 3.8) is 0 Å². The molecule has 5 nitrogen and oxygen atoms in total. The first kappa shape index (κ1) is 22.9. The third kappa shape index (κ3) is 5.38. The molecule has 1 aromatic heterocycles. The molecule has 0 fully saturated rings. The van der Waals surface area contributed by atoms with E-state index < -0.39 is 0 Å². The molecular formula is C21H11BrClI2N3O2S. The van der Waals surface area contributed by atoms with Crippen molar-refractivity contribution in [2.45, 2.75) is 0 Å². The molecule has 0 aliphatic carbocycles. The maximum Gasteiger partial charge on any atom is 0.258 e. The normalized spacial score (nSPS) is 10.8. The van der Waals surface area contributed by atoms with Gasteiger partial charge in [-0.05, 0) is 128 Å². The molecule has 0 unspecified atom stereocenters. The minimum atomic E-state index is -0.380. The molecule has 0 saturated carbocycles. The zero-order chi connectivity index (χ0) is 22.1. The van der Waals surface area contributed by atoms with Crippen LogP contribution in [-0.2, 0) is 0 Å². The van der Waals surface area contributed by atoms with Crippen LogP contribution in [0.15, 0.2) is 63.5 Å². The van der Waals surface area contributed by atoms with Gasteiger partial charge in [0.25, 0.3) is 5.91 Å². The fourth-order valence-electron chi connectivity index (χ4n) is 2.79. The molecule has 0 radical (unpaired) electrons. The van der Waals surface area contributed by atoms with Gasteiger partial charge in [-0.25, -0.2) is 4.98 Å². The number of nitrogens with zero attached hydrogens (tertiary/aromatic N) is 1. The lowest BCUT2D eigenvalue weighted by Crippen LogP contribution is -2.34. The Labute approximate surface area is 223 Å². The van der Waals surface area contributed by atoms with Gasteiger partial charge in [-0.15, -0.1) is 0 Å². The molecule has 0 spiro atoms. The molecule has 0 atom stereocenters. The molecule has 4 aromatic rings. The first-order chi connectivity index (χ1) is 14.8. The second kappa shape index (κ2) is 9.69. The fourth-order valence-corrected chi connectivity index (χ4v) is 4.60. The summed E-state index contributed by atoms with van der Waals surface area (Å²) in [6, 6.07) is 16.6. The molecule has 156 valence electrons. The summed E-state index contributed by atoms with van der Waals surface area (Å²) in [5.41, 5.74) is 3.22. The number of thiocarbonyl (C=S) groups is 1. The lowest BCUT2D eigenvalue weighted by molar-refractivity contribution is 0.0978. The molecule has 4 rings (SSSR count). The minimum absolute atomic E-state index is 0.156. The van der Waals surface area contributed by atoms with Crippen LogP contribution in [0.1, 0.15) is 10.4 Å². The summed E-state index contributed by atoms with van der Waals surface area (Å²) >= 11 is 19.3. The zero-order valence-corrected chi connectivity index (χ0v) is 22.9. The number of benzene rings is 3. The van der Waals surface area contributed by atoms with Gasteiger partial charge in [0.2, 0.25) is 5.89 Å².